The number of nitrogens with one attached hydrogen (secondary N) is 1. The van der Waals surface area contributed by atoms with Crippen molar-refractivity contribution < 1.29 is 13.2 Å². The third kappa shape index (κ3) is 5.21. The zero-order valence-electron chi connectivity index (χ0n) is 14.3. The van der Waals surface area contributed by atoms with E-state index < -0.39 is 9.84 Å². The van der Waals surface area contributed by atoms with E-state index in [1.165, 1.54) is 11.3 Å². The predicted octanol–water partition coefficient (Wildman–Crippen LogP) is 3.88. The maximum absolute atomic E-state index is 12.4. The van der Waals surface area contributed by atoms with Crippen LogP contribution in [0.15, 0.2) is 57.9 Å². The number of rotatable bonds is 6. The van der Waals surface area contributed by atoms with Gasteiger partial charge in [0.15, 0.2) is 9.84 Å². The number of hydrogen-bond acceptors (Lipinski definition) is 6. The summed E-state index contributed by atoms with van der Waals surface area (Å²) >= 11 is 4.46. The Hall–Kier alpha value is -2.10. The molecule has 6 nitrogen and oxygen atoms in total. The summed E-state index contributed by atoms with van der Waals surface area (Å²) in [5.74, 6) is -0.352. The van der Waals surface area contributed by atoms with E-state index in [0.717, 1.165) is 10.0 Å². The second-order valence-corrected chi connectivity index (χ2v) is 9.93. The number of aromatic nitrogens is 2. The lowest BCUT2D eigenvalue weighted by Crippen LogP contribution is -2.11. The number of benzene rings is 2. The second-order valence-electron chi connectivity index (χ2n) is 5.84. The standard InChI is InChI=1S/C18H16BrN3O3S2/c1-12-2-4-13(5-3-12)17(23)20-18-22-21-16(26-18)10-11-27(24,25)15-8-6-14(19)7-9-15/h2-9H,10-11H2,1H3,(H,20,22,23). The van der Waals surface area contributed by atoms with E-state index in [-0.39, 0.29) is 23.0 Å². The van der Waals surface area contributed by atoms with Crippen molar-refractivity contribution in [2.75, 3.05) is 11.1 Å². The lowest BCUT2D eigenvalue weighted by Gasteiger charge is -2.03. The minimum atomic E-state index is -3.41. The maximum atomic E-state index is 12.4. The minimum absolute atomic E-state index is 0.0742. The van der Waals surface area contributed by atoms with Crippen molar-refractivity contribution >= 4 is 48.1 Å². The van der Waals surface area contributed by atoms with Crippen molar-refractivity contribution in [3.63, 3.8) is 0 Å². The molecule has 140 valence electrons. The van der Waals surface area contributed by atoms with E-state index in [9.17, 15) is 13.2 Å². The van der Waals surface area contributed by atoms with Crippen LogP contribution in [-0.4, -0.2) is 30.3 Å². The van der Waals surface area contributed by atoms with Crippen LogP contribution in [0.3, 0.4) is 0 Å². The van der Waals surface area contributed by atoms with Gasteiger partial charge in [-0.3, -0.25) is 10.1 Å². The maximum Gasteiger partial charge on any atom is 0.257 e. The van der Waals surface area contributed by atoms with Crippen LogP contribution in [-0.2, 0) is 16.3 Å². The quantitative estimate of drug-likeness (QED) is 0.596. The fourth-order valence-electron chi connectivity index (χ4n) is 2.26. The van der Waals surface area contributed by atoms with Crippen LogP contribution < -0.4 is 5.32 Å². The molecular weight excluding hydrogens is 450 g/mol. The van der Waals surface area contributed by atoms with Gasteiger partial charge in [-0.05, 0) is 43.3 Å². The van der Waals surface area contributed by atoms with Gasteiger partial charge < -0.3 is 0 Å². The Balaban J connectivity index is 1.61. The van der Waals surface area contributed by atoms with Crippen LogP contribution >= 0.6 is 27.3 Å². The van der Waals surface area contributed by atoms with Gasteiger partial charge in [0.05, 0.1) is 10.6 Å². The third-order valence-electron chi connectivity index (χ3n) is 3.76. The molecule has 0 aliphatic rings. The molecule has 0 atom stereocenters. The number of amides is 1. The molecule has 2 aromatic carbocycles. The van der Waals surface area contributed by atoms with Crippen LogP contribution in [0.5, 0.6) is 0 Å². The second kappa shape index (κ2) is 8.28. The molecular formula is C18H16BrN3O3S2. The Morgan fingerprint density at radius 1 is 1.07 bits per heavy atom. The monoisotopic (exact) mass is 465 g/mol. The van der Waals surface area contributed by atoms with Crippen molar-refractivity contribution in [2.24, 2.45) is 0 Å². The fraction of sp³-hybridized carbons (Fsp3) is 0.167. The molecule has 1 amide bonds. The van der Waals surface area contributed by atoms with Gasteiger partial charge in [-0.2, -0.15) is 0 Å². The Morgan fingerprint density at radius 2 is 1.74 bits per heavy atom. The molecule has 0 spiro atoms. The molecule has 0 radical (unpaired) electrons. The number of halogens is 1. The molecule has 1 aromatic heterocycles. The summed E-state index contributed by atoms with van der Waals surface area (Å²) in [6.45, 7) is 1.95. The number of carbonyl (C=O) groups excluding carboxylic acids is 1. The number of aryl methyl sites for hydroxylation is 2. The van der Waals surface area contributed by atoms with Gasteiger partial charge >= 0.3 is 0 Å². The molecule has 3 rings (SSSR count). The van der Waals surface area contributed by atoms with Crippen LogP contribution in [0.1, 0.15) is 20.9 Å². The first-order valence-corrected chi connectivity index (χ1v) is 11.3. The van der Waals surface area contributed by atoms with E-state index in [1.54, 1.807) is 36.4 Å². The van der Waals surface area contributed by atoms with Gasteiger partial charge in [-0.1, -0.05) is 45.0 Å². The number of anilines is 1. The van der Waals surface area contributed by atoms with Gasteiger partial charge in [-0.15, -0.1) is 10.2 Å². The number of hydrogen-bond donors (Lipinski definition) is 1. The topological polar surface area (TPSA) is 89.0 Å². The van der Waals surface area contributed by atoms with Crippen LogP contribution in [0, 0.1) is 6.92 Å². The first-order chi connectivity index (χ1) is 12.8. The van der Waals surface area contributed by atoms with Crippen LogP contribution in [0.25, 0.3) is 0 Å². The summed E-state index contributed by atoms with van der Waals surface area (Å²) in [4.78, 5) is 12.5. The summed E-state index contributed by atoms with van der Waals surface area (Å²) < 4.78 is 25.6. The highest BCUT2D eigenvalue weighted by molar-refractivity contribution is 9.10. The smallest absolute Gasteiger partial charge is 0.257 e. The fourth-order valence-corrected chi connectivity index (χ4v) is 4.64. The Bertz CT molecular complexity index is 1050. The highest BCUT2D eigenvalue weighted by Gasteiger charge is 2.16. The van der Waals surface area contributed by atoms with Gasteiger partial charge in [-0.25, -0.2) is 8.42 Å². The molecule has 3 aromatic rings. The number of carbonyl (C=O) groups is 1. The average molecular weight is 466 g/mol. The molecule has 1 heterocycles. The molecule has 0 aliphatic carbocycles. The van der Waals surface area contributed by atoms with E-state index >= 15 is 0 Å². The van der Waals surface area contributed by atoms with Crippen molar-refractivity contribution in [1.82, 2.24) is 10.2 Å². The minimum Gasteiger partial charge on any atom is -0.296 e. The van der Waals surface area contributed by atoms with Gasteiger partial charge in [0.1, 0.15) is 5.01 Å². The summed E-state index contributed by atoms with van der Waals surface area (Å²) in [5.41, 5.74) is 1.59. The Labute approximate surface area is 169 Å². The molecule has 9 heteroatoms. The van der Waals surface area contributed by atoms with Crippen molar-refractivity contribution in [2.45, 2.75) is 18.2 Å². The third-order valence-corrected chi connectivity index (χ3v) is 6.92. The van der Waals surface area contributed by atoms with Crippen molar-refractivity contribution in [3.05, 3.63) is 69.1 Å². The lowest BCUT2D eigenvalue weighted by atomic mass is 10.1. The van der Waals surface area contributed by atoms with Gasteiger partial charge in [0.2, 0.25) is 5.13 Å². The molecule has 0 unspecified atom stereocenters. The average Bonchev–Trinajstić information content (AvgIpc) is 3.08. The normalized spacial score (nSPS) is 11.3. The van der Waals surface area contributed by atoms with Crippen molar-refractivity contribution in [1.29, 1.82) is 0 Å². The summed E-state index contributed by atoms with van der Waals surface area (Å²) in [5, 5.41) is 11.5. The van der Waals surface area contributed by atoms with Gasteiger partial charge in [0.25, 0.3) is 5.91 Å². The Kier molecular flexibility index (Phi) is 6.03. The molecule has 0 saturated carbocycles. The molecule has 0 saturated heterocycles. The SMILES string of the molecule is Cc1ccc(C(=O)Nc2nnc(CCS(=O)(=O)c3ccc(Br)cc3)s2)cc1. The number of sulfone groups is 1. The van der Waals surface area contributed by atoms with E-state index in [1.807, 2.05) is 19.1 Å². The van der Waals surface area contributed by atoms with Gasteiger partial charge in [0, 0.05) is 16.5 Å². The zero-order chi connectivity index (χ0) is 19.4. The summed E-state index contributed by atoms with van der Waals surface area (Å²) in [6, 6.07) is 13.7. The molecule has 0 bridgehead atoms. The van der Waals surface area contributed by atoms with Crippen molar-refractivity contribution in [3.8, 4) is 0 Å². The summed E-state index contributed by atoms with van der Waals surface area (Å²) in [6.07, 6.45) is 0.233. The highest BCUT2D eigenvalue weighted by atomic mass is 79.9. The van der Waals surface area contributed by atoms with Crippen LogP contribution in [0.2, 0.25) is 0 Å². The highest BCUT2D eigenvalue weighted by Crippen LogP contribution is 2.20. The largest absolute Gasteiger partial charge is 0.296 e. The summed E-state index contributed by atoms with van der Waals surface area (Å²) in [7, 11) is -3.41. The van der Waals surface area contributed by atoms with Crippen LogP contribution in [0.4, 0.5) is 5.13 Å². The first kappa shape index (κ1) is 19.7. The predicted molar refractivity (Wildman–Crippen MR) is 109 cm³/mol. The zero-order valence-corrected chi connectivity index (χ0v) is 17.6. The number of nitrogens with zero attached hydrogens (tertiary/aromatic N) is 2. The van der Waals surface area contributed by atoms with E-state index in [4.69, 9.17) is 0 Å². The first-order valence-electron chi connectivity index (χ1n) is 8.02. The molecule has 0 fully saturated rings. The van der Waals surface area contributed by atoms with E-state index in [0.29, 0.717) is 15.7 Å². The molecule has 1 N–H and O–H groups in total. The Morgan fingerprint density at radius 3 is 2.41 bits per heavy atom. The van der Waals surface area contributed by atoms with E-state index in [2.05, 4.69) is 31.4 Å². The molecule has 27 heavy (non-hydrogen) atoms. The lowest BCUT2D eigenvalue weighted by molar-refractivity contribution is 0.102. The molecule has 0 aliphatic heterocycles.